The van der Waals surface area contributed by atoms with Gasteiger partial charge in [-0.1, -0.05) is 48.5 Å². The first-order valence-electron chi connectivity index (χ1n) is 9.29. The van der Waals surface area contributed by atoms with Crippen molar-refractivity contribution in [1.82, 2.24) is 9.21 Å². The Kier molecular flexibility index (Phi) is 6.61. The summed E-state index contributed by atoms with van der Waals surface area (Å²) in [5, 5.41) is 4.15. The number of nitrogens with one attached hydrogen (secondary N) is 1. The summed E-state index contributed by atoms with van der Waals surface area (Å²) < 4.78 is 26.6. The quantitative estimate of drug-likeness (QED) is 0.811. The van der Waals surface area contributed by atoms with E-state index in [-0.39, 0.29) is 11.9 Å². The highest BCUT2D eigenvalue weighted by atomic mass is 32.2. The SMILES string of the molecule is C[C@@H](C(=O)Nc1ccccc1)N1CCN(S(=O)(=O)/C=C/c2ccccc2)CC1. The molecule has 0 bridgehead atoms. The molecular formula is C21H25N3O3S. The van der Waals surface area contributed by atoms with E-state index in [4.69, 9.17) is 0 Å². The largest absolute Gasteiger partial charge is 0.325 e. The number of carbonyl (C=O) groups is 1. The second kappa shape index (κ2) is 9.14. The van der Waals surface area contributed by atoms with Crippen LogP contribution < -0.4 is 5.32 Å². The smallest absolute Gasteiger partial charge is 0.241 e. The van der Waals surface area contributed by atoms with Gasteiger partial charge in [-0.25, -0.2) is 8.42 Å². The fourth-order valence-corrected chi connectivity index (χ4v) is 4.27. The van der Waals surface area contributed by atoms with Crippen LogP contribution in [0.1, 0.15) is 12.5 Å². The number of piperazine rings is 1. The highest BCUT2D eigenvalue weighted by Gasteiger charge is 2.29. The molecule has 1 aliphatic heterocycles. The third-order valence-corrected chi connectivity index (χ3v) is 6.40. The third-order valence-electron chi connectivity index (χ3n) is 4.83. The van der Waals surface area contributed by atoms with Gasteiger partial charge < -0.3 is 5.32 Å². The molecule has 28 heavy (non-hydrogen) atoms. The monoisotopic (exact) mass is 399 g/mol. The van der Waals surface area contributed by atoms with Gasteiger partial charge in [-0.2, -0.15) is 4.31 Å². The molecule has 1 atom stereocenters. The van der Waals surface area contributed by atoms with Gasteiger partial charge >= 0.3 is 0 Å². The molecule has 0 aromatic heterocycles. The van der Waals surface area contributed by atoms with Crippen molar-refractivity contribution >= 4 is 27.7 Å². The van der Waals surface area contributed by atoms with Crippen LogP contribution in [-0.2, 0) is 14.8 Å². The first-order valence-corrected chi connectivity index (χ1v) is 10.8. The van der Waals surface area contributed by atoms with Crippen LogP contribution in [0.4, 0.5) is 5.69 Å². The Bertz CT molecular complexity index is 906. The van der Waals surface area contributed by atoms with Crippen LogP contribution in [0.15, 0.2) is 66.1 Å². The average molecular weight is 400 g/mol. The molecule has 0 aliphatic carbocycles. The zero-order valence-corrected chi connectivity index (χ0v) is 16.7. The van der Waals surface area contributed by atoms with Crippen molar-refractivity contribution in [3.8, 4) is 0 Å². The molecule has 1 heterocycles. The number of anilines is 1. The normalized spacial score (nSPS) is 17.5. The number of hydrogen-bond acceptors (Lipinski definition) is 4. The van der Waals surface area contributed by atoms with Crippen molar-refractivity contribution in [1.29, 1.82) is 0 Å². The second-order valence-electron chi connectivity index (χ2n) is 6.72. The Balaban J connectivity index is 1.54. The molecule has 0 unspecified atom stereocenters. The fourth-order valence-electron chi connectivity index (χ4n) is 3.09. The van der Waals surface area contributed by atoms with Gasteiger partial charge in [0.25, 0.3) is 0 Å². The molecule has 7 heteroatoms. The highest BCUT2D eigenvalue weighted by Crippen LogP contribution is 2.14. The molecule has 1 N–H and O–H groups in total. The number of benzene rings is 2. The second-order valence-corrected chi connectivity index (χ2v) is 8.54. The lowest BCUT2D eigenvalue weighted by Gasteiger charge is -2.36. The Morgan fingerprint density at radius 1 is 0.964 bits per heavy atom. The molecule has 0 saturated carbocycles. The maximum Gasteiger partial charge on any atom is 0.241 e. The van der Waals surface area contributed by atoms with E-state index in [0.29, 0.717) is 26.2 Å². The van der Waals surface area contributed by atoms with E-state index in [9.17, 15) is 13.2 Å². The van der Waals surface area contributed by atoms with Gasteiger partial charge in [0.2, 0.25) is 15.9 Å². The standard InChI is InChI=1S/C21H25N3O3S/c1-18(21(25)22-20-10-6-3-7-11-20)23-13-15-24(16-14-23)28(26,27)17-12-19-8-4-2-5-9-19/h2-12,17-18H,13-16H2,1H3,(H,22,25)/b17-12+/t18-/m0/s1. The Morgan fingerprint density at radius 2 is 1.54 bits per heavy atom. The van der Waals surface area contributed by atoms with Crippen molar-refractivity contribution in [3.05, 3.63) is 71.6 Å². The minimum absolute atomic E-state index is 0.0912. The molecule has 0 radical (unpaired) electrons. The van der Waals surface area contributed by atoms with Crippen LogP contribution in [0.5, 0.6) is 0 Å². The van der Waals surface area contributed by atoms with E-state index < -0.39 is 10.0 Å². The van der Waals surface area contributed by atoms with Crippen LogP contribution in [-0.4, -0.2) is 55.8 Å². The van der Waals surface area contributed by atoms with Crippen LogP contribution in [0, 0.1) is 0 Å². The van der Waals surface area contributed by atoms with Gasteiger partial charge in [-0.3, -0.25) is 9.69 Å². The zero-order chi connectivity index (χ0) is 20.0. The minimum atomic E-state index is -3.47. The molecule has 2 aromatic carbocycles. The number of amides is 1. The first kappa shape index (κ1) is 20.3. The van der Waals surface area contributed by atoms with E-state index in [0.717, 1.165) is 11.3 Å². The zero-order valence-electron chi connectivity index (χ0n) is 15.9. The summed E-state index contributed by atoms with van der Waals surface area (Å²) >= 11 is 0. The topological polar surface area (TPSA) is 69.7 Å². The number of para-hydroxylation sites is 1. The maximum atomic E-state index is 12.6. The van der Waals surface area contributed by atoms with Crippen LogP contribution >= 0.6 is 0 Å². The summed E-state index contributed by atoms with van der Waals surface area (Å²) in [6, 6.07) is 18.3. The molecule has 3 rings (SSSR count). The highest BCUT2D eigenvalue weighted by molar-refractivity contribution is 7.92. The Morgan fingerprint density at radius 3 is 2.14 bits per heavy atom. The number of hydrogen-bond donors (Lipinski definition) is 1. The van der Waals surface area contributed by atoms with Crippen molar-refractivity contribution in [2.24, 2.45) is 0 Å². The third kappa shape index (κ3) is 5.28. The molecule has 1 fully saturated rings. The summed E-state index contributed by atoms with van der Waals surface area (Å²) in [4.78, 5) is 14.5. The van der Waals surface area contributed by atoms with Crippen molar-refractivity contribution < 1.29 is 13.2 Å². The summed E-state index contributed by atoms with van der Waals surface area (Å²) in [5.41, 5.74) is 1.60. The maximum absolute atomic E-state index is 12.6. The van der Waals surface area contributed by atoms with Crippen LogP contribution in [0.2, 0.25) is 0 Å². The summed E-state index contributed by atoms with van der Waals surface area (Å²) in [5.74, 6) is -0.0912. The number of nitrogens with zero attached hydrogens (tertiary/aromatic N) is 2. The van der Waals surface area contributed by atoms with E-state index in [1.54, 1.807) is 6.08 Å². The summed E-state index contributed by atoms with van der Waals surface area (Å²) in [6.45, 7) is 3.61. The van der Waals surface area contributed by atoms with Gasteiger partial charge in [-0.05, 0) is 30.7 Å². The molecule has 148 valence electrons. The lowest BCUT2D eigenvalue weighted by molar-refractivity contribution is -0.121. The van der Waals surface area contributed by atoms with Gasteiger partial charge in [-0.15, -0.1) is 0 Å². The van der Waals surface area contributed by atoms with Gasteiger partial charge in [0.1, 0.15) is 0 Å². The molecule has 2 aromatic rings. The molecule has 1 amide bonds. The van der Waals surface area contributed by atoms with Gasteiger partial charge in [0.05, 0.1) is 6.04 Å². The lowest BCUT2D eigenvalue weighted by Crippen LogP contribution is -2.53. The molecular weight excluding hydrogens is 374 g/mol. The predicted octanol–water partition coefficient (Wildman–Crippen LogP) is 2.63. The fraction of sp³-hybridized carbons (Fsp3) is 0.286. The Hall–Kier alpha value is -2.48. The molecule has 0 spiro atoms. The minimum Gasteiger partial charge on any atom is -0.325 e. The van der Waals surface area contributed by atoms with Crippen molar-refractivity contribution in [2.75, 3.05) is 31.5 Å². The van der Waals surface area contributed by atoms with Gasteiger partial charge in [0.15, 0.2) is 0 Å². The molecule has 6 nitrogen and oxygen atoms in total. The van der Waals surface area contributed by atoms with E-state index in [2.05, 4.69) is 5.32 Å². The average Bonchev–Trinajstić information content (AvgIpc) is 2.73. The van der Waals surface area contributed by atoms with Crippen molar-refractivity contribution in [3.63, 3.8) is 0 Å². The first-order chi connectivity index (χ1) is 13.5. The Labute approximate surface area is 166 Å². The van der Waals surface area contributed by atoms with E-state index in [1.165, 1.54) is 9.71 Å². The summed E-state index contributed by atoms with van der Waals surface area (Å²) in [7, 11) is -3.47. The number of carbonyl (C=O) groups excluding carboxylic acids is 1. The molecule has 1 aliphatic rings. The van der Waals surface area contributed by atoms with Crippen molar-refractivity contribution in [2.45, 2.75) is 13.0 Å². The number of rotatable bonds is 6. The van der Waals surface area contributed by atoms with Crippen LogP contribution in [0.25, 0.3) is 6.08 Å². The predicted molar refractivity (Wildman–Crippen MR) is 112 cm³/mol. The van der Waals surface area contributed by atoms with E-state index in [1.807, 2.05) is 72.5 Å². The van der Waals surface area contributed by atoms with Crippen LogP contribution in [0.3, 0.4) is 0 Å². The van der Waals surface area contributed by atoms with E-state index >= 15 is 0 Å². The lowest BCUT2D eigenvalue weighted by atomic mass is 10.2. The molecule has 1 saturated heterocycles. The van der Waals surface area contributed by atoms with Gasteiger partial charge in [0, 0.05) is 37.3 Å². The number of sulfonamides is 1. The summed E-state index contributed by atoms with van der Waals surface area (Å²) in [6.07, 6.45) is 1.61.